The minimum atomic E-state index is -4.36. The molecular formula is C16H16F3N3OS. The molecule has 24 heavy (non-hydrogen) atoms. The zero-order valence-corrected chi connectivity index (χ0v) is 13.5. The molecule has 0 saturated carbocycles. The number of para-hydroxylation sites is 2. The molecule has 8 heteroatoms. The van der Waals surface area contributed by atoms with Gasteiger partial charge >= 0.3 is 6.18 Å². The van der Waals surface area contributed by atoms with Crippen LogP contribution in [0.3, 0.4) is 0 Å². The highest BCUT2D eigenvalue weighted by Crippen LogP contribution is 2.28. The van der Waals surface area contributed by atoms with Gasteiger partial charge < -0.3 is 9.72 Å². The Bertz CT molecular complexity index is 821. The molecule has 0 amide bonds. The summed E-state index contributed by atoms with van der Waals surface area (Å²) < 4.78 is 41.7. The number of benzene rings is 1. The second-order valence-corrected chi connectivity index (χ2v) is 6.10. The third kappa shape index (κ3) is 4.00. The molecule has 0 unspecified atom stereocenters. The summed E-state index contributed by atoms with van der Waals surface area (Å²) in [6.45, 7) is 0.390. The van der Waals surface area contributed by atoms with E-state index < -0.39 is 12.8 Å². The zero-order valence-electron chi connectivity index (χ0n) is 12.7. The first-order valence-electron chi connectivity index (χ1n) is 7.14. The maximum Gasteiger partial charge on any atom is 0.422 e. The van der Waals surface area contributed by atoms with Crippen LogP contribution in [0.15, 0.2) is 41.7 Å². The van der Waals surface area contributed by atoms with Gasteiger partial charge in [-0.1, -0.05) is 23.9 Å². The number of H-pyrrole nitrogens is 1. The molecule has 3 aromatic rings. The number of ether oxygens (including phenoxy) is 1. The Labute approximate surface area is 141 Å². The van der Waals surface area contributed by atoms with Gasteiger partial charge in [-0.05, 0) is 25.1 Å². The smallest absolute Gasteiger partial charge is 0.422 e. The van der Waals surface area contributed by atoms with Gasteiger partial charge in [-0.25, -0.2) is 4.98 Å². The van der Waals surface area contributed by atoms with Gasteiger partial charge in [-0.2, -0.15) is 13.2 Å². The molecule has 0 aliphatic carbocycles. The van der Waals surface area contributed by atoms with E-state index in [0.29, 0.717) is 17.0 Å². The number of imidazole rings is 1. The highest BCUT2D eigenvalue weighted by molar-refractivity contribution is 7.98. The molecule has 0 bridgehead atoms. The lowest BCUT2D eigenvalue weighted by atomic mass is 10.2. The lowest BCUT2D eigenvalue weighted by molar-refractivity contribution is -0.153. The molecule has 0 aliphatic rings. The fourth-order valence-corrected chi connectivity index (χ4v) is 3.06. The van der Waals surface area contributed by atoms with E-state index in [9.17, 15) is 13.2 Å². The summed E-state index contributed by atoms with van der Waals surface area (Å²) in [5.74, 6) is 0.678. The van der Waals surface area contributed by atoms with Gasteiger partial charge in [-0.15, -0.1) is 0 Å². The number of nitrogens with zero attached hydrogens (tertiary/aromatic N) is 2. The molecule has 1 aromatic carbocycles. The number of pyridine rings is 1. The number of alkyl halides is 3. The number of fused-ring (bicyclic) bond motifs is 1. The van der Waals surface area contributed by atoms with Crippen LogP contribution < -0.4 is 4.74 Å². The molecule has 2 heterocycles. The van der Waals surface area contributed by atoms with Crippen molar-refractivity contribution in [1.82, 2.24) is 15.0 Å². The first-order valence-corrected chi connectivity index (χ1v) is 8.12. The van der Waals surface area contributed by atoms with Crippen LogP contribution in [0, 0.1) is 6.92 Å². The van der Waals surface area contributed by atoms with E-state index in [0.717, 1.165) is 16.2 Å². The zero-order chi connectivity index (χ0) is 17.2. The summed E-state index contributed by atoms with van der Waals surface area (Å²) >= 11 is 1.44. The van der Waals surface area contributed by atoms with Crippen molar-refractivity contribution >= 4 is 22.8 Å². The lowest BCUT2D eigenvalue weighted by Gasteiger charge is -2.13. The quantitative estimate of drug-likeness (QED) is 0.671. The Kier molecular flexibility index (Phi) is 4.66. The van der Waals surface area contributed by atoms with Crippen LogP contribution in [0.25, 0.3) is 11.0 Å². The van der Waals surface area contributed by atoms with Crippen molar-refractivity contribution in [3.05, 3.63) is 47.8 Å². The number of halogens is 3. The van der Waals surface area contributed by atoms with Crippen LogP contribution in [-0.4, -0.2) is 27.7 Å². The summed E-state index contributed by atoms with van der Waals surface area (Å²) in [6.07, 6.45) is -2.91. The molecule has 128 valence electrons. The molecule has 4 nitrogen and oxygen atoms in total. The minimum Gasteiger partial charge on any atom is -0.484 e. The second-order valence-electron chi connectivity index (χ2n) is 5.13. The van der Waals surface area contributed by atoms with Crippen LogP contribution in [0.2, 0.25) is 0 Å². The Morgan fingerprint density at radius 3 is 2.79 bits per heavy atom. The molecule has 0 spiro atoms. The number of aromatic nitrogens is 3. The molecule has 1 N–H and O–H groups in total. The summed E-state index contributed by atoms with van der Waals surface area (Å²) in [5.41, 5.74) is 3.07. The molecule has 0 saturated heterocycles. The fraction of sp³-hybridized carbons (Fsp3) is 0.250. The van der Waals surface area contributed by atoms with E-state index >= 15 is 0 Å². The SMILES string of the molecule is Cc1c(OCC(F)(F)F)ccnc1CSc1nc2ccccc2[nH]1.[HH]. The van der Waals surface area contributed by atoms with Crippen molar-refractivity contribution in [2.75, 3.05) is 6.61 Å². The van der Waals surface area contributed by atoms with E-state index in [4.69, 9.17) is 4.74 Å². The Hall–Kier alpha value is -2.22. The molecular weight excluding hydrogens is 339 g/mol. The maximum atomic E-state index is 12.3. The summed E-state index contributed by atoms with van der Waals surface area (Å²) in [6, 6.07) is 9.11. The normalized spacial score (nSPS) is 11.8. The third-order valence-electron chi connectivity index (χ3n) is 3.36. The summed E-state index contributed by atoms with van der Waals surface area (Å²) in [4.78, 5) is 11.9. The van der Waals surface area contributed by atoms with Gasteiger partial charge in [0, 0.05) is 18.9 Å². The molecule has 0 radical (unpaired) electrons. The minimum absolute atomic E-state index is 0. The Morgan fingerprint density at radius 2 is 2.04 bits per heavy atom. The van der Waals surface area contributed by atoms with Crippen LogP contribution in [0.5, 0.6) is 5.75 Å². The number of thioether (sulfide) groups is 1. The average Bonchev–Trinajstić information content (AvgIpc) is 2.95. The van der Waals surface area contributed by atoms with Crippen molar-refractivity contribution in [3.8, 4) is 5.75 Å². The number of nitrogens with one attached hydrogen (secondary N) is 1. The van der Waals surface area contributed by atoms with Crippen LogP contribution in [-0.2, 0) is 5.75 Å². The van der Waals surface area contributed by atoms with Gasteiger partial charge in [0.1, 0.15) is 5.75 Å². The van der Waals surface area contributed by atoms with E-state index in [-0.39, 0.29) is 7.18 Å². The second kappa shape index (κ2) is 6.72. The molecule has 3 rings (SSSR count). The molecule has 0 aliphatic heterocycles. The fourth-order valence-electron chi connectivity index (χ4n) is 2.15. The highest BCUT2D eigenvalue weighted by atomic mass is 32.2. The van der Waals surface area contributed by atoms with E-state index in [2.05, 4.69) is 15.0 Å². The monoisotopic (exact) mass is 355 g/mol. The van der Waals surface area contributed by atoms with Crippen molar-refractivity contribution in [2.45, 2.75) is 24.0 Å². The topological polar surface area (TPSA) is 50.8 Å². The van der Waals surface area contributed by atoms with Crippen LogP contribution in [0.1, 0.15) is 12.7 Å². The van der Waals surface area contributed by atoms with Crippen molar-refractivity contribution in [1.29, 1.82) is 0 Å². The largest absolute Gasteiger partial charge is 0.484 e. The molecule has 2 aromatic heterocycles. The van der Waals surface area contributed by atoms with Gasteiger partial charge in [0.25, 0.3) is 0 Å². The maximum absolute atomic E-state index is 12.3. The summed E-state index contributed by atoms with van der Waals surface area (Å²) in [5, 5.41) is 0.735. The standard InChI is InChI=1S/C16H14F3N3OS.H2/c1-10-13(20-7-6-14(10)23-9-16(17,18)19)8-24-15-21-11-4-2-3-5-12(11)22-15;/h2-7H,8-9H2,1H3,(H,21,22);1H. The average molecular weight is 355 g/mol. The highest BCUT2D eigenvalue weighted by Gasteiger charge is 2.28. The number of rotatable bonds is 5. The van der Waals surface area contributed by atoms with Gasteiger partial charge in [0.05, 0.1) is 16.7 Å². The Morgan fingerprint density at radius 1 is 1.25 bits per heavy atom. The Balaban J connectivity index is 0.00000225. The van der Waals surface area contributed by atoms with E-state index in [1.165, 1.54) is 24.0 Å². The van der Waals surface area contributed by atoms with Crippen molar-refractivity contribution < 1.29 is 19.3 Å². The molecule has 0 fully saturated rings. The van der Waals surface area contributed by atoms with E-state index in [1.54, 1.807) is 6.92 Å². The van der Waals surface area contributed by atoms with Crippen molar-refractivity contribution in [3.63, 3.8) is 0 Å². The number of aromatic amines is 1. The first-order chi connectivity index (χ1) is 11.4. The summed E-state index contributed by atoms with van der Waals surface area (Å²) in [7, 11) is 0. The predicted octanol–water partition coefficient (Wildman–Crippen LogP) is 4.75. The lowest BCUT2D eigenvalue weighted by Crippen LogP contribution is -2.19. The van der Waals surface area contributed by atoms with Gasteiger partial charge in [-0.3, -0.25) is 4.98 Å². The van der Waals surface area contributed by atoms with Crippen molar-refractivity contribution in [2.24, 2.45) is 0 Å². The number of hydrogen-bond acceptors (Lipinski definition) is 4. The van der Waals surface area contributed by atoms with Crippen LogP contribution in [0.4, 0.5) is 13.2 Å². The molecule has 0 atom stereocenters. The third-order valence-corrected chi connectivity index (χ3v) is 4.25. The predicted molar refractivity (Wildman–Crippen MR) is 88.3 cm³/mol. The van der Waals surface area contributed by atoms with Gasteiger partial charge in [0.2, 0.25) is 0 Å². The van der Waals surface area contributed by atoms with Crippen LogP contribution >= 0.6 is 11.8 Å². The van der Waals surface area contributed by atoms with Gasteiger partial charge in [0.15, 0.2) is 11.8 Å². The first kappa shape index (κ1) is 16.6. The van der Waals surface area contributed by atoms with E-state index in [1.807, 2.05) is 24.3 Å². The number of hydrogen-bond donors (Lipinski definition) is 1.